The highest BCUT2D eigenvalue weighted by Gasteiger charge is 1.85. The SMILES string of the molecule is ClC1=CC=C(Cl)N[N-]1. The van der Waals surface area contributed by atoms with Gasteiger partial charge in [-0.1, -0.05) is 22.8 Å². The molecule has 0 spiro atoms. The third-order valence-electron chi connectivity index (χ3n) is 0.637. The average Bonchev–Trinajstić information content (AvgIpc) is 1.77. The molecule has 0 aromatic heterocycles. The van der Waals surface area contributed by atoms with Crippen molar-refractivity contribution in [3.05, 3.63) is 27.9 Å². The summed E-state index contributed by atoms with van der Waals surface area (Å²) in [6, 6.07) is 0. The van der Waals surface area contributed by atoms with Crippen LogP contribution in [0.2, 0.25) is 0 Å². The zero-order valence-electron chi connectivity index (χ0n) is 3.86. The van der Waals surface area contributed by atoms with Crippen molar-refractivity contribution in [1.82, 2.24) is 5.43 Å². The number of allylic oxidation sites excluding steroid dienone is 2. The van der Waals surface area contributed by atoms with Crippen LogP contribution in [0.4, 0.5) is 0 Å². The Kier molecular flexibility index (Phi) is 1.65. The molecule has 0 amide bonds. The molecule has 1 heterocycles. The molecule has 4 heteroatoms. The van der Waals surface area contributed by atoms with Gasteiger partial charge in [0.15, 0.2) is 0 Å². The number of rotatable bonds is 0. The minimum Gasteiger partial charge on any atom is -0.587 e. The first kappa shape index (κ1) is 5.79. The number of nitrogens with one attached hydrogen (secondary N) is 1. The normalized spacial score (nSPS) is 17.8. The van der Waals surface area contributed by atoms with Gasteiger partial charge < -0.3 is 10.9 Å². The van der Waals surface area contributed by atoms with Crippen LogP contribution in [0.15, 0.2) is 22.5 Å². The first-order valence-corrected chi connectivity index (χ1v) is 2.74. The van der Waals surface area contributed by atoms with Crippen molar-refractivity contribution in [3.63, 3.8) is 0 Å². The predicted octanol–water partition coefficient (Wildman–Crippen LogP) is 2.04. The molecule has 1 N–H and O–H groups in total. The second kappa shape index (κ2) is 2.29. The molecule has 8 heavy (non-hydrogen) atoms. The fourth-order valence-electron chi connectivity index (χ4n) is 0.323. The number of hydrogen-bond donors (Lipinski definition) is 1. The number of hydrogen-bond acceptors (Lipinski definition) is 1. The summed E-state index contributed by atoms with van der Waals surface area (Å²) < 4.78 is 0. The van der Waals surface area contributed by atoms with E-state index in [-0.39, 0.29) is 0 Å². The van der Waals surface area contributed by atoms with Crippen molar-refractivity contribution in [1.29, 1.82) is 0 Å². The topological polar surface area (TPSA) is 26.1 Å². The quantitative estimate of drug-likeness (QED) is 0.525. The Balaban J connectivity index is 2.65. The summed E-state index contributed by atoms with van der Waals surface area (Å²) in [5, 5.41) is 0.892. The third-order valence-corrected chi connectivity index (χ3v) is 1.06. The molecular weight excluding hydrogens is 147 g/mol. The van der Waals surface area contributed by atoms with E-state index in [0.717, 1.165) is 0 Å². The zero-order chi connectivity index (χ0) is 5.98. The molecule has 2 nitrogen and oxygen atoms in total. The Morgan fingerprint density at radius 2 is 2.12 bits per heavy atom. The first-order chi connectivity index (χ1) is 3.79. The lowest BCUT2D eigenvalue weighted by atomic mass is 10.5. The van der Waals surface area contributed by atoms with Gasteiger partial charge in [-0.25, -0.2) is 0 Å². The molecule has 1 aliphatic rings. The minimum absolute atomic E-state index is 0.411. The molecule has 0 aromatic rings. The fourth-order valence-corrected chi connectivity index (χ4v) is 0.534. The molecule has 1 aliphatic heterocycles. The maximum atomic E-state index is 5.43. The van der Waals surface area contributed by atoms with Crippen LogP contribution in [0.1, 0.15) is 0 Å². The van der Waals surface area contributed by atoms with E-state index in [0.29, 0.717) is 10.3 Å². The van der Waals surface area contributed by atoms with Crippen molar-refractivity contribution in [3.8, 4) is 0 Å². The summed E-state index contributed by atoms with van der Waals surface area (Å²) >= 11 is 10.8. The van der Waals surface area contributed by atoms with Gasteiger partial charge in [0.05, 0.1) is 5.16 Å². The van der Waals surface area contributed by atoms with E-state index in [1.54, 1.807) is 12.2 Å². The molecule has 44 valence electrons. The molecule has 0 atom stereocenters. The lowest BCUT2D eigenvalue weighted by Gasteiger charge is -2.25. The largest absolute Gasteiger partial charge is 0.587 e. The van der Waals surface area contributed by atoms with Crippen LogP contribution in [-0.2, 0) is 0 Å². The van der Waals surface area contributed by atoms with Crippen LogP contribution in [0.25, 0.3) is 5.43 Å². The van der Waals surface area contributed by atoms with E-state index in [2.05, 4.69) is 10.9 Å². The van der Waals surface area contributed by atoms with Crippen molar-refractivity contribution in [2.24, 2.45) is 0 Å². The van der Waals surface area contributed by atoms with Crippen LogP contribution in [0.5, 0.6) is 0 Å². The van der Waals surface area contributed by atoms with E-state index in [9.17, 15) is 0 Å². The van der Waals surface area contributed by atoms with Crippen LogP contribution in [-0.4, -0.2) is 0 Å². The van der Waals surface area contributed by atoms with Crippen LogP contribution in [0, 0.1) is 0 Å². The lowest BCUT2D eigenvalue weighted by molar-refractivity contribution is 1.08. The molecule has 0 aliphatic carbocycles. The highest BCUT2D eigenvalue weighted by molar-refractivity contribution is 6.33. The molecule has 0 fully saturated rings. The molecule has 0 saturated heterocycles. The van der Waals surface area contributed by atoms with E-state index in [4.69, 9.17) is 23.2 Å². The Bertz CT molecular complexity index is 132. The highest BCUT2D eigenvalue weighted by Crippen LogP contribution is 2.15. The Labute approximate surface area is 57.1 Å². The van der Waals surface area contributed by atoms with Gasteiger partial charge in [0.25, 0.3) is 0 Å². The molecule has 0 saturated carbocycles. The number of halogens is 2. The molecule has 0 radical (unpaired) electrons. The Morgan fingerprint density at radius 3 is 2.50 bits per heavy atom. The van der Waals surface area contributed by atoms with Gasteiger partial charge in [0.2, 0.25) is 0 Å². The van der Waals surface area contributed by atoms with Crippen LogP contribution >= 0.6 is 23.2 Å². The Morgan fingerprint density at radius 1 is 1.38 bits per heavy atom. The summed E-state index contributed by atoms with van der Waals surface area (Å²) in [5.74, 6) is 0. The molecule has 1 rings (SSSR count). The summed E-state index contributed by atoms with van der Waals surface area (Å²) in [7, 11) is 0. The monoisotopic (exact) mass is 149 g/mol. The lowest BCUT2D eigenvalue weighted by Crippen LogP contribution is -2.03. The molecule has 0 aromatic carbocycles. The van der Waals surface area contributed by atoms with Gasteiger partial charge >= 0.3 is 0 Å². The van der Waals surface area contributed by atoms with Crippen molar-refractivity contribution in [2.75, 3.05) is 0 Å². The van der Waals surface area contributed by atoms with Gasteiger partial charge in [-0.05, 0) is 6.08 Å². The maximum Gasteiger partial charge on any atom is 0.0885 e. The van der Waals surface area contributed by atoms with Gasteiger partial charge in [0, 0.05) is 0 Å². The minimum atomic E-state index is 0.411. The summed E-state index contributed by atoms with van der Waals surface area (Å²) in [5.41, 5.74) is 6.07. The van der Waals surface area contributed by atoms with E-state index < -0.39 is 0 Å². The van der Waals surface area contributed by atoms with Gasteiger partial charge in [-0.2, -0.15) is 0 Å². The van der Waals surface area contributed by atoms with Crippen molar-refractivity contribution in [2.45, 2.75) is 0 Å². The average molecular weight is 150 g/mol. The van der Waals surface area contributed by atoms with Crippen molar-refractivity contribution < 1.29 is 0 Å². The second-order valence-corrected chi connectivity index (χ2v) is 2.02. The highest BCUT2D eigenvalue weighted by atomic mass is 35.5. The molecule has 0 unspecified atom stereocenters. The van der Waals surface area contributed by atoms with E-state index in [1.807, 2.05) is 0 Å². The summed E-state index contributed by atoms with van der Waals surface area (Å²) in [4.78, 5) is 0. The van der Waals surface area contributed by atoms with Crippen LogP contribution < -0.4 is 5.43 Å². The van der Waals surface area contributed by atoms with E-state index >= 15 is 0 Å². The smallest absolute Gasteiger partial charge is 0.0885 e. The van der Waals surface area contributed by atoms with Gasteiger partial charge in [-0.3, -0.25) is 0 Å². The molecule has 0 bridgehead atoms. The maximum absolute atomic E-state index is 5.43. The van der Waals surface area contributed by atoms with Gasteiger partial charge in [0.1, 0.15) is 0 Å². The standard InChI is InChI=1S/C4H3Cl2N2/c5-3-1-2-4(6)8-7-3/h1-2,7H/q-1. The Hall–Kier alpha value is -0.340. The zero-order valence-corrected chi connectivity index (χ0v) is 5.37. The van der Waals surface area contributed by atoms with Crippen LogP contribution in [0.3, 0.4) is 0 Å². The second-order valence-electron chi connectivity index (χ2n) is 1.23. The summed E-state index contributed by atoms with van der Waals surface area (Å²) in [6.45, 7) is 0. The first-order valence-electron chi connectivity index (χ1n) is 1.99. The predicted molar refractivity (Wildman–Crippen MR) is 34.4 cm³/mol. The molecular formula is C4H3Cl2N2-. The van der Waals surface area contributed by atoms with Crippen molar-refractivity contribution >= 4 is 23.2 Å². The van der Waals surface area contributed by atoms with Gasteiger partial charge in [-0.15, -0.1) is 11.6 Å². The van der Waals surface area contributed by atoms with E-state index in [1.165, 1.54) is 0 Å². The summed E-state index contributed by atoms with van der Waals surface area (Å²) in [6.07, 6.45) is 3.25. The number of nitrogens with zero attached hydrogens (tertiary/aromatic N) is 1. The third kappa shape index (κ3) is 1.32. The fraction of sp³-hybridized carbons (Fsp3) is 0.